The van der Waals surface area contributed by atoms with Gasteiger partial charge < -0.3 is 15.4 Å². The molecule has 192 valence electrons. The molecule has 6 nitrogen and oxygen atoms in total. The van der Waals surface area contributed by atoms with Crippen molar-refractivity contribution in [3.8, 4) is 0 Å². The lowest BCUT2D eigenvalue weighted by Crippen LogP contribution is -2.35. The summed E-state index contributed by atoms with van der Waals surface area (Å²) in [6.07, 6.45) is -3.24. The molecular formula is C24H31F3N4O2S2. The molecule has 1 unspecified atom stereocenters. The van der Waals surface area contributed by atoms with Crippen molar-refractivity contribution in [3.05, 3.63) is 34.2 Å². The molecule has 0 spiro atoms. The molecule has 1 amide bonds. The SMILES string of the molecule is COCCNCCC(=O)Nc1sc2c(c1[SH]1C=Nc3cc(C(F)(F)F)ccc31)CCN(C(C)C)C2. The quantitative estimate of drug-likeness (QED) is 0.310. The Balaban J connectivity index is 1.62. The average molecular weight is 529 g/mol. The number of amides is 1. The van der Waals surface area contributed by atoms with Gasteiger partial charge in [-0.1, -0.05) is 0 Å². The fraction of sp³-hybridized carbons (Fsp3) is 0.500. The molecule has 35 heavy (non-hydrogen) atoms. The van der Waals surface area contributed by atoms with E-state index >= 15 is 0 Å². The summed E-state index contributed by atoms with van der Waals surface area (Å²) < 4.78 is 44.7. The molecule has 0 saturated carbocycles. The van der Waals surface area contributed by atoms with E-state index in [9.17, 15) is 18.0 Å². The molecule has 0 bridgehead atoms. The van der Waals surface area contributed by atoms with Crippen LogP contribution in [0.3, 0.4) is 0 Å². The molecule has 0 radical (unpaired) electrons. The summed E-state index contributed by atoms with van der Waals surface area (Å²) in [5, 5.41) is 7.08. The van der Waals surface area contributed by atoms with Crippen molar-refractivity contribution < 1.29 is 22.7 Å². The number of anilines is 1. The molecule has 0 aliphatic carbocycles. The highest BCUT2D eigenvalue weighted by atomic mass is 32.2. The second-order valence-electron chi connectivity index (χ2n) is 8.85. The highest BCUT2D eigenvalue weighted by molar-refractivity contribution is 8.29. The van der Waals surface area contributed by atoms with Crippen LogP contribution in [0.4, 0.5) is 23.9 Å². The van der Waals surface area contributed by atoms with E-state index in [1.165, 1.54) is 10.4 Å². The van der Waals surface area contributed by atoms with Gasteiger partial charge in [-0.2, -0.15) is 24.1 Å². The van der Waals surface area contributed by atoms with Crippen LogP contribution in [-0.4, -0.2) is 55.7 Å². The van der Waals surface area contributed by atoms with Crippen LogP contribution in [0.15, 0.2) is 33.0 Å². The Morgan fingerprint density at radius 2 is 2.11 bits per heavy atom. The van der Waals surface area contributed by atoms with E-state index in [-0.39, 0.29) is 5.91 Å². The van der Waals surface area contributed by atoms with Gasteiger partial charge in [-0.05, 0) is 44.0 Å². The van der Waals surface area contributed by atoms with Crippen LogP contribution in [-0.2, 0) is 28.7 Å². The van der Waals surface area contributed by atoms with Gasteiger partial charge in [0.05, 0.1) is 17.9 Å². The van der Waals surface area contributed by atoms with Gasteiger partial charge in [0.2, 0.25) is 5.91 Å². The molecule has 2 aromatic rings. The fourth-order valence-corrected chi connectivity index (χ4v) is 8.08. The van der Waals surface area contributed by atoms with Crippen molar-refractivity contribution in [2.75, 3.05) is 38.7 Å². The first-order valence-electron chi connectivity index (χ1n) is 11.6. The zero-order valence-electron chi connectivity index (χ0n) is 20.0. The van der Waals surface area contributed by atoms with Crippen LogP contribution < -0.4 is 10.6 Å². The molecule has 0 saturated heterocycles. The third-order valence-electron chi connectivity index (χ3n) is 6.17. The molecule has 4 rings (SSSR count). The average Bonchev–Trinajstić information content (AvgIpc) is 3.37. The van der Waals surface area contributed by atoms with E-state index in [1.807, 2.05) is 0 Å². The number of carbonyl (C=O) groups is 1. The van der Waals surface area contributed by atoms with Gasteiger partial charge >= 0.3 is 6.18 Å². The predicted molar refractivity (Wildman–Crippen MR) is 137 cm³/mol. The number of thiol groups is 1. The summed E-state index contributed by atoms with van der Waals surface area (Å²) in [5.74, 6) is -0.0886. The lowest BCUT2D eigenvalue weighted by atomic mass is 10.1. The van der Waals surface area contributed by atoms with Crippen molar-refractivity contribution in [1.82, 2.24) is 10.2 Å². The van der Waals surface area contributed by atoms with Crippen molar-refractivity contribution >= 4 is 44.4 Å². The molecule has 1 atom stereocenters. The molecule has 2 aliphatic heterocycles. The molecule has 1 aromatic carbocycles. The van der Waals surface area contributed by atoms with E-state index < -0.39 is 22.6 Å². The number of carbonyl (C=O) groups excluding carboxylic acids is 1. The summed E-state index contributed by atoms with van der Waals surface area (Å²) in [6.45, 7) is 7.84. The Kier molecular flexibility index (Phi) is 8.22. The van der Waals surface area contributed by atoms with E-state index in [0.717, 1.165) is 46.4 Å². The number of ether oxygens (including phenoxy) is 1. The number of aliphatic imine (C=N–C) groups is 1. The normalized spacial score (nSPS) is 18.7. The van der Waals surface area contributed by atoms with Crippen molar-refractivity contribution in [2.24, 2.45) is 4.99 Å². The Labute approximate surface area is 210 Å². The van der Waals surface area contributed by atoms with Crippen LogP contribution in [0.2, 0.25) is 0 Å². The van der Waals surface area contributed by atoms with Gasteiger partial charge in [-0.15, -0.1) is 11.3 Å². The topological polar surface area (TPSA) is 66.0 Å². The Morgan fingerprint density at radius 1 is 1.31 bits per heavy atom. The molecule has 2 N–H and O–H groups in total. The fourth-order valence-electron chi connectivity index (χ4n) is 4.24. The third-order valence-corrected chi connectivity index (χ3v) is 9.67. The molecular weight excluding hydrogens is 497 g/mol. The standard InChI is InChI=1S/C24H31F3N4O2S2/c1-15(2)31-10-7-17-19(13-31)34-23(30-21(32)6-8-28-9-11-33-3)22(17)35-14-29-18-12-16(24(25,26)27)4-5-20(18)35/h4-5,12,14-15,28,35H,6-11,13H2,1-3H3,(H,30,32). The largest absolute Gasteiger partial charge is 0.416 e. The second-order valence-corrected chi connectivity index (χ2v) is 11.9. The van der Waals surface area contributed by atoms with E-state index in [0.29, 0.717) is 37.8 Å². The van der Waals surface area contributed by atoms with Crippen LogP contribution in [0, 0.1) is 0 Å². The number of hydrogen-bond donors (Lipinski definition) is 3. The van der Waals surface area contributed by atoms with Gasteiger partial charge in [0.15, 0.2) is 0 Å². The molecule has 0 fully saturated rings. The Hall–Kier alpha value is -1.92. The van der Waals surface area contributed by atoms with Crippen molar-refractivity contribution in [2.45, 2.75) is 55.2 Å². The smallest absolute Gasteiger partial charge is 0.383 e. The summed E-state index contributed by atoms with van der Waals surface area (Å²) in [6, 6.07) is 4.21. The van der Waals surface area contributed by atoms with Crippen molar-refractivity contribution in [1.29, 1.82) is 0 Å². The maximum Gasteiger partial charge on any atom is 0.416 e. The number of rotatable bonds is 9. The predicted octanol–water partition coefficient (Wildman–Crippen LogP) is 5.19. The van der Waals surface area contributed by atoms with Gasteiger partial charge in [-0.25, -0.2) is 0 Å². The molecule has 3 heterocycles. The summed E-state index contributed by atoms with van der Waals surface area (Å²) in [4.78, 5) is 22.6. The summed E-state index contributed by atoms with van der Waals surface area (Å²) in [5.41, 5.74) is 2.66. The number of fused-ring (bicyclic) bond motifs is 2. The minimum Gasteiger partial charge on any atom is -0.383 e. The highest BCUT2D eigenvalue weighted by Crippen LogP contribution is 2.58. The van der Waals surface area contributed by atoms with Crippen LogP contribution in [0.5, 0.6) is 0 Å². The zero-order valence-corrected chi connectivity index (χ0v) is 21.7. The minimum atomic E-state index is -4.41. The Morgan fingerprint density at radius 3 is 2.83 bits per heavy atom. The number of alkyl halides is 3. The first kappa shape index (κ1) is 26.2. The maximum absolute atomic E-state index is 13.2. The number of nitrogens with zero attached hydrogens (tertiary/aromatic N) is 2. The van der Waals surface area contributed by atoms with Crippen LogP contribution >= 0.6 is 22.2 Å². The number of hydrogen-bond acceptors (Lipinski definition) is 6. The number of methoxy groups -OCH3 is 1. The van der Waals surface area contributed by atoms with Crippen LogP contribution in [0.1, 0.15) is 36.3 Å². The molecule has 1 aromatic heterocycles. The third kappa shape index (κ3) is 5.91. The van der Waals surface area contributed by atoms with Gasteiger partial charge in [-0.3, -0.25) is 14.7 Å². The highest BCUT2D eigenvalue weighted by Gasteiger charge is 2.34. The van der Waals surface area contributed by atoms with Gasteiger partial charge in [0.25, 0.3) is 0 Å². The van der Waals surface area contributed by atoms with E-state index in [1.54, 1.807) is 30.1 Å². The summed E-state index contributed by atoms with van der Waals surface area (Å²) >= 11 is 1.59. The molecule has 11 heteroatoms. The summed E-state index contributed by atoms with van der Waals surface area (Å²) in [7, 11) is 0.532. The first-order valence-corrected chi connectivity index (χ1v) is 13.8. The van der Waals surface area contributed by atoms with E-state index in [2.05, 4.69) is 34.4 Å². The monoisotopic (exact) mass is 528 g/mol. The minimum absolute atomic E-state index is 0.0886. The van der Waals surface area contributed by atoms with E-state index in [4.69, 9.17) is 4.74 Å². The maximum atomic E-state index is 13.2. The number of nitrogens with one attached hydrogen (secondary N) is 2. The second kappa shape index (κ2) is 11.0. The lowest BCUT2D eigenvalue weighted by molar-refractivity contribution is -0.137. The van der Waals surface area contributed by atoms with Crippen molar-refractivity contribution in [3.63, 3.8) is 0 Å². The van der Waals surface area contributed by atoms with Gasteiger partial charge in [0.1, 0.15) is 5.00 Å². The number of halogens is 3. The lowest BCUT2D eigenvalue weighted by Gasteiger charge is -2.31. The van der Waals surface area contributed by atoms with Gasteiger partial charge in [0, 0.05) is 66.0 Å². The number of thiophene rings is 1. The zero-order chi connectivity index (χ0) is 25.2. The van der Waals surface area contributed by atoms with Crippen LogP contribution in [0.25, 0.3) is 0 Å². The molecule has 2 aliphatic rings. The first-order chi connectivity index (χ1) is 16.7. The number of benzene rings is 1. The Bertz CT molecular complexity index is 1100.